The van der Waals surface area contributed by atoms with Crippen LogP contribution in [0.3, 0.4) is 0 Å². The summed E-state index contributed by atoms with van der Waals surface area (Å²) in [6.07, 6.45) is 1.46. The predicted molar refractivity (Wildman–Crippen MR) is 72.4 cm³/mol. The van der Waals surface area contributed by atoms with Crippen molar-refractivity contribution in [3.05, 3.63) is 41.5 Å². The van der Waals surface area contributed by atoms with E-state index in [1.54, 1.807) is 16.8 Å². The number of aryl methyl sites for hydroxylation is 2. The fourth-order valence-electron chi connectivity index (χ4n) is 2.51. The summed E-state index contributed by atoms with van der Waals surface area (Å²) >= 11 is 0. The minimum atomic E-state index is -0.500. The van der Waals surface area contributed by atoms with Crippen LogP contribution in [-0.2, 0) is 17.9 Å². The van der Waals surface area contributed by atoms with E-state index in [1.165, 1.54) is 11.2 Å². The molecule has 0 aliphatic carbocycles. The molecule has 0 N–H and O–H groups in total. The topological polar surface area (TPSA) is 68.1 Å². The zero-order valence-electron chi connectivity index (χ0n) is 11.3. The van der Waals surface area contributed by atoms with Crippen LogP contribution in [0.2, 0.25) is 0 Å². The van der Waals surface area contributed by atoms with E-state index in [2.05, 4.69) is 10.1 Å². The maximum absolute atomic E-state index is 12.2. The maximum Gasteiger partial charge on any atom is 0.299 e. The Morgan fingerprint density at radius 2 is 2.05 bits per heavy atom. The number of hydrogen-bond acceptors (Lipinski definition) is 4. The number of ketones is 1. The molecule has 0 saturated heterocycles. The molecule has 0 unspecified atom stereocenters. The van der Waals surface area contributed by atoms with Crippen LogP contribution in [0.4, 0.5) is 5.69 Å². The van der Waals surface area contributed by atoms with Crippen LogP contribution in [0, 0.1) is 6.92 Å². The predicted octanol–water partition coefficient (Wildman–Crippen LogP) is 1.34. The van der Waals surface area contributed by atoms with Crippen LogP contribution in [-0.4, -0.2) is 26.5 Å². The molecular formula is C14H14N4O2. The molecule has 0 saturated carbocycles. The third-order valence-electron chi connectivity index (χ3n) is 3.49. The van der Waals surface area contributed by atoms with Crippen molar-refractivity contribution in [1.82, 2.24) is 14.8 Å². The Hall–Kier alpha value is -2.50. The summed E-state index contributed by atoms with van der Waals surface area (Å²) in [6, 6.07) is 5.37. The average molecular weight is 270 g/mol. The van der Waals surface area contributed by atoms with Gasteiger partial charge in [0.25, 0.3) is 11.7 Å². The molecule has 1 aliphatic heterocycles. The molecule has 6 heteroatoms. The molecule has 1 aromatic heterocycles. The van der Waals surface area contributed by atoms with Crippen LogP contribution in [0.1, 0.15) is 28.7 Å². The molecule has 0 spiro atoms. The molecule has 2 heterocycles. The standard InChI is InChI=1S/C14H14N4O2/c1-3-18-11(15-8-16-18)7-17-12-9(2)5-4-6-10(12)13(19)14(17)20/h4-6,8H,3,7H2,1-2H3. The Morgan fingerprint density at radius 3 is 2.80 bits per heavy atom. The fraction of sp³-hybridized carbons (Fsp3) is 0.286. The van der Waals surface area contributed by atoms with E-state index in [4.69, 9.17) is 0 Å². The van der Waals surface area contributed by atoms with Gasteiger partial charge in [0.05, 0.1) is 17.8 Å². The summed E-state index contributed by atoms with van der Waals surface area (Å²) < 4.78 is 1.72. The van der Waals surface area contributed by atoms with Crippen LogP contribution in [0.25, 0.3) is 0 Å². The van der Waals surface area contributed by atoms with Crippen LogP contribution < -0.4 is 4.90 Å². The Balaban J connectivity index is 2.03. The lowest BCUT2D eigenvalue weighted by Gasteiger charge is -2.18. The molecule has 0 radical (unpaired) electrons. The highest BCUT2D eigenvalue weighted by molar-refractivity contribution is 6.52. The second-order valence-electron chi connectivity index (χ2n) is 4.68. The Kier molecular flexibility index (Phi) is 2.85. The van der Waals surface area contributed by atoms with E-state index in [1.807, 2.05) is 19.9 Å². The molecule has 2 aromatic rings. The normalized spacial score (nSPS) is 14.0. The lowest BCUT2D eigenvalue weighted by Crippen LogP contribution is -2.30. The highest BCUT2D eigenvalue weighted by Gasteiger charge is 2.37. The summed E-state index contributed by atoms with van der Waals surface area (Å²) in [5, 5.41) is 4.08. The smallest absolute Gasteiger partial charge is 0.297 e. The van der Waals surface area contributed by atoms with Crippen molar-refractivity contribution < 1.29 is 9.59 Å². The molecular weight excluding hydrogens is 256 g/mol. The van der Waals surface area contributed by atoms with Gasteiger partial charge in [-0.15, -0.1) is 0 Å². The molecule has 0 atom stereocenters. The number of hydrogen-bond donors (Lipinski definition) is 0. The van der Waals surface area contributed by atoms with Gasteiger partial charge in [0.1, 0.15) is 12.2 Å². The largest absolute Gasteiger partial charge is 0.299 e. The van der Waals surface area contributed by atoms with E-state index < -0.39 is 11.7 Å². The van der Waals surface area contributed by atoms with E-state index in [9.17, 15) is 9.59 Å². The van der Waals surface area contributed by atoms with E-state index >= 15 is 0 Å². The van der Waals surface area contributed by atoms with Gasteiger partial charge in [-0.1, -0.05) is 12.1 Å². The number of para-hydroxylation sites is 1. The SMILES string of the molecule is CCn1ncnc1CN1C(=O)C(=O)c2cccc(C)c21. The lowest BCUT2D eigenvalue weighted by molar-refractivity contribution is -0.114. The number of benzene rings is 1. The number of carbonyl (C=O) groups is 2. The Labute approximate surface area is 116 Å². The third-order valence-corrected chi connectivity index (χ3v) is 3.49. The first-order valence-corrected chi connectivity index (χ1v) is 6.46. The van der Waals surface area contributed by atoms with Gasteiger partial charge in [0.2, 0.25) is 0 Å². The van der Waals surface area contributed by atoms with Gasteiger partial charge in [0, 0.05) is 6.54 Å². The summed E-state index contributed by atoms with van der Waals surface area (Å²) in [6.45, 7) is 4.78. The summed E-state index contributed by atoms with van der Waals surface area (Å²) in [5.41, 5.74) is 2.06. The highest BCUT2D eigenvalue weighted by Crippen LogP contribution is 2.33. The molecule has 6 nitrogen and oxygen atoms in total. The van der Waals surface area contributed by atoms with Crippen LogP contribution in [0.5, 0.6) is 0 Å². The van der Waals surface area contributed by atoms with Crippen molar-refractivity contribution in [3.63, 3.8) is 0 Å². The number of Topliss-reactive ketones (excluding diaryl/α,β-unsaturated/α-hetero) is 1. The molecule has 20 heavy (non-hydrogen) atoms. The number of aromatic nitrogens is 3. The van der Waals surface area contributed by atoms with Gasteiger partial charge in [-0.25, -0.2) is 9.67 Å². The summed E-state index contributed by atoms with van der Waals surface area (Å²) in [4.78, 5) is 29.8. The van der Waals surface area contributed by atoms with Crippen LogP contribution >= 0.6 is 0 Å². The summed E-state index contributed by atoms with van der Waals surface area (Å²) in [7, 11) is 0. The molecule has 1 amide bonds. The zero-order chi connectivity index (χ0) is 14.3. The molecule has 1 aromatic carbocycles. The van der Waals surface area contributed by atoms with Crippen molar-refractivity contribution in [2.75, 3.05) is 4.90 Å². The van der Waals surface area contributed by atoms with Gasteiger partial charge in [0.15, 0.2) is 0 Å². The Bertz CT molecular complexity index is 705. The molecule has 0 fully saturated rings. The molecule has 0 bridgehead atoms. The van der Waals surface area contributed by atoms with Crippen molar-refractivity contribution in [1.29, 1.82) is 0 Å². The van der Waals surface area contributed by atoms with Gasteiger partial charge in [-0.3, -0.25) is 14.5 Å². The number of carbonyl (C=O) groups excluding carboxylic acids is 2. The Morgan fingerprint density at radius 1 is 1.25 bits per heavy atom. The minimum Gasteiger partial charge on any atom is -0.297 e. The van der Waals surface area contributed by atoms with E-state index in [-0.39, 0.29) is 6.54 Å². The second kappa shape index (κ2) is 4.56. The van der Waals surface area contributed by atoms with Crippen molar-refractivity contribution in [2.24, 2.45) is 0 Å². The molecule has 3 rings (SSSR count). The maximum atomic E-state index is 12.2. The first-order valence-electron chi connectivity index (χ1n) is 6.46. The van der Waals surface area contributed by atoms with Gasteiger partial charge < -0.3 is 0 Å². The number of amides is 1. The first kappa shape index (κ1) is 12.5. The highest BCUT2D eigenvalue weighted by atomic mass is 16.2. The number of fused-ring (bicyclic) bond motifs is 1. The van der Waals surface area contributed by atoms with Gasteiger partial charge in [-0.2, -0.15) is 5.10 Å². The monoisotopic (exact) mass is 270 g/mol. The van der Waals surface area contributed by atoms with Gasteiger partial charge in [-0.05, 0) is 25.5 Å². The zero-order valence-corrected chi connectivity index (χ0v) is 11.3. The fourth-order valence-corrected chi connectivity index (χ4v) is 2.51. The average Bonchev–Trinajstić information content (AvgIpc) is 2.99. The van der Waals surface area contributed by atoms with Crippen molar-refractivity contribution in [2.45, 2.75) is 26.9 Å². The molecule has 1 aliphatic rings. The van der Waals surface area contributed by atoms with Gasteiger partial charge >= 0.3 is 0 Å². The first-order chi connectivity index (χ1) is 9.63. The van der Waals surface area contributed by atoms with Crippen molar-refractivity contribution >= 4 is 17.4 Å². The van der Waals surface area contributed by atoms with Crippen molar-refractivity contribution in [3.8, 4) is 0 Å². The quantitative estimate of drug-likeness (QED) is 0.789. The number of anilines is 1. The molecule has 102 valence electrons. The van der Waals surface area contributed by atoms with Crippen LogP contribution in [0.15, 0.2) is 24.5 Å². The number of rotatable bonds is 3. The summed E-state index contributed by atoms with van der Waals surface area (Å²) in [5.74, 6) is -0.282. The second-order valence-corrected chi connectivity index (χ2v) is 4.68. The minimum absolute atomic E-state index is 0.260. The number of nitrogens with zero attached hydrogens (tertiary/aromatic N) is 4. The lowest BCUT2D eigenvalue weighted by atomic mass is 10.1. The van der Waals surface area contributed by atoms with E-state index in [0.717, 1.165) is 5.56 Å². The third kappa shape index (κ3) is 1.72. The van der Waals surface area contributed by atoms with E-state index in [0.29, 0.717) is 23.6 Å².